The van der Waals surface area contributed by atoms with E-state index < -0.39 is 6.09 Å². The van der Waals surface area contributed by atoms with Crippen molar-refractivity contribution in [2.45, 2.75) is 19.8 Å². The summed E-state index contributed by atoms with van der Waals surface area (Å²) in [6, 6.07) is 0. The van der Waals surface area contributed by atoms with Gasteiger partial charge in [-0.3, -0.25) is 9.36 Å². The van der Waals surface area contributed by atoms with Crippen molar-refractivity contribution in [3.05, 3.63) is 13.9 Å². The summed E-state index contributed by atoms with van der Waals surface area (Å²) < 4.78 is 1.94. The molecule has 1 aromatic heterocycles. The van der Waals surface area contributed by atoms with Crippen LogP contribution >= 0.6 is 22.6 Å². The van der Waals surface area contributed by atoms with E-state index >= 15 is 0 Å². The van der Waals surface area contributed by atoms with E-state index in [9.17, 15) is 9.59 Å². The molecule has 0 radical (unpaired) electrons. The van der Waals surface area contributed by atoms with Crippen molar-refractivity contribution in [2.75, 3.05) is 30.3 Å². The van der Waals surface area contributed by atoms with E-state index in [0.29, 0.717) is 29.2 Å². The van der Waals surface area contributed by atoms with E-state index in [2.05, 4.69) is 17.2 Å². The molecule has 122 valence electrons. The maximum absolute atomic E-state index is 12.1. The zero-order chi connectivity index (χ0) is 16.5. The van der Waals surface area contributed by atoms with Gasteiger partial charge in [0.05, 0.1) is 0 Å². The number of nitrogen functional groups attached to an aromatic ring is 1. The first kappa shape index (κ1) is 16.8. The average molecular weight is 421 g/mol. The number of nitrogens with two attached hydrogens (primary N) is 1. The lowest BCUT2D eigenvalue weighted by Crippen LogP contribution is -2.46. The van der Waals surface area contributed by atoms with Crippen LogP contribution in [0.25, 0.3) is 0 Å². The minimum absolute atomic E-state index is 0.0808. The highest BCUT2D eigenvalue weighted by Gasteiger charge is 2.32. The maximum Gasteiger partial charge on any atom is 0.404 e. The van der Waals surface area contributed by atoms with Gasteiger partial charge in [-0.25, -0.2) is 4.79 Å². The standard InChI is InChI=1S/C13H20IN5O3/c1-13(7-16-12(21)22)3-5-19(6-4-13)11-17-9(15)8(14)10(20)18(11)2/h16H,3-7,15H2,1-2H3,(H,21,22). The van der Waals surface area contributed by atoms with Crippen molar-refractivity contribution in [2.24, 2.45) is 12.5 Å². The van der Waals surface area contributed by atoms with Crippen molar-refractivity contribution >= 4 is 40.5 Å². The van der Waals surface area contributed by atoms with Gasteiger partial charge in [0.2, 0.25) is 5.95 Å². The lowest BCUT2D eigenvalue weighted by Gasteiger charge is -2.40. The van der Waals surface area contributed by atoms with Crippen molar-refractivity contribution in [3.8, 4) is 0 Å². The van der Waals surface area contributed by atoms with E-state index in [1.165, 1.54) is 4.57 Å². The summed E-state index contributed by atoms with van der Waals surface area (Å²) in [5.74, 6) is 0.815. The van der Waals surface area contributed by atoms with Crippen molar-refractivity contribution in [3.63, 3.8) is 0 Å². The van der Waals surface area contributed by atoms with Crippen LogP contribution in [0.2, 0.25) is 0 Å². The molecule has 0 atom stereocenters. The van der Waals surface area contributed by atoms with Gasteiger partial charge in [0.1, 0.15) is 9.39 Å². The number of hydrogen-bond acceptors (Lipinski definition) is 5. The topological polar surface area (TPSA) is 113 Å². The number of aromatic nitrogens is 2. The summed E-state index contributed by atoms with van der Waals surface area (Å²) >= 11 is 1.90. The van der Waals surface area contributed by atoms with E-state index in [-0.39, 0.29) is 16.8 Å². The fourth-order valence-corrected chi connectivity index (χ4v) is 3.06. The first-order valence-corrected chi connectivity index (χ1v) is 8.05. The molecule has 4 N–H and O–H groups in total. The second kappa shape index (κ2) is 6.31. The molecular weight excluding hydrogens is 401 g/mol. The minimum atomic E-state index is -1.00. The summed E-state index contributed by atoms with van der Waals surface area (Å²) in [5, 5.41) is 11.2. The number of carboxylic acid groups (broad SMARTS) is 1. The van der Waals surface area contributed by atoms with Gasteiger partial charge in [-0.1, -0.05) is 6.92 Å². The fourth-order valence-electron chi connectivity index (χ4n) is 2.57. The van der Waals surface area contributed by atoms with Gasteiger partial charge in [-0.15, -0.1) is 0 Å². The van der Waals surface area contributed by atoms with Crippen LogP contribution in [0.3, 0.4) is 0 Å². The number of hydrogen-bond donors (Lipinski definition) is 3. The van der Waals surface area contributed by atoms with Gasteiger partial charge in [-0.2, -0.15) is 4.98 Å². The highest BCUT2D eigenvalue weighted by Crippen LogP contribution is 2.31. The third kappa shape index (κ3) is 3.45. The smallest absolute Gasteiger partial charge is 0.404 e. The Hall–Kier alpha value is -1.52. The molecule has 8 nitrogen and oxygen atoms in total. The first-order chi connectivity index (χ1) is 10.2. The van der Waals surface area contributed by atoms with Crippen LogP contribution < -0.4 is 21.5 Å². The molecule has 1 aliphatic rings. The Kier molecular flexibility index (Phi) is 4.83. The number of nitrogens with one attached hydrogen (secondary N) is 1. The predicted octanol–water partition coefficient (Wildman–Crippen LogP) is 0.841. The molecule has 0 bridgehead atoms. The molecule has 2 heterocycles. The summed E-state index contributed by atoms with van der Waals surface area (Å²) in [5.41, 5.74) is 5.57. The SMILES string of the molecule is Cn1c(N2CCC(C)(CNC(=O)O)CC2)nc(N)c(I)c1=O. The van der Waals surface area contributed by atoms with Gasteiger partial charge >= 0.3 is 6.09 Å². The number of rotatable bonds is 3. The molecular formula is C13H20IN5O3. The molecule has 0 aliphatic carbocycles. The lowest BCUT2D eigenvalue weighted by molar-refractivity contribution is 0.178. The summed E-state index contributed by atoms with van der Waals surface area (Å²) in [7, 11) is 1.69. The molecule has 0 saturated carbocycles. The van der Waals surface area contributed by atoms with Crippen LogP contribution in [-0.4, -0.2) is 40.4 Å². The number of nitrogens with zero attached hydrogens (tertiary/aromatic N) is 3. The minimum Gasteiger partial charge on any atom is -0.465 e. The maximum atomic E-state index is 12.1. The van der Waals surface area contributed by atoms with Gasteiger partial charge in [0, 0.05) is 26.7 Å². The van der Waals surface area contributed by atoms with Crippen molar-refractivity contribution in [1.29, 1.82) is 0 Å². The van der Waals surface area contributed by atoms with Crippen LogP contribution in [0.1, 0.15) is 19.8 Å². The normalized spacial score (nSPS) is 17.3. The second-order valence-corrected chi connectivity index (χ2v) is 7.01. The molecule has 1 saturated heterocycles. The van der Waals surface area contributed by atoms with Crippen molar-refractivity contribution < 1.29 is 9.90 Å². The molecule has 22 heavy (non-hydrogen) atoms. The van der Waals surface area contributed by atoms with Gasteiger partial charge in [0.15, 0.2) is 0 Å². The van der Waals surface area contributed by atoms with E-state index in [0.717, 1.165) is 12.8 Å². The van der Waals surface area contributed by atoms with Crippen LogP contribution in [0, 0.1) is 8.99 Å². The molecule has 2 rings (SSSR count). The number of anilines is 2. The number of piperidine rings is 1. The molecule has 9 heteroatoms. The summed E-state index contributed by atoms with van der Waals surface area (Å²) in [6.07, 6.45) is 0.627. The van der Waals surface area contributed by atoms with Gasteiger partial charge in [-0.05, 0) is 40.8 Å². The molecule has 0 spiro atoms. The Morgan fingerprint density at radius 3 is 2.64 bits per heavy atom. The zero-order valence-electron chi connectivity index (χ0n) is 12.6. The highest BCUT2D eigenvalue weighted by atomic mass is 127. The fraction of sp³-hybridized carbons (Fsp3) is 0.615. The van der Waals surface area contributed by atoms with Crippen LogP contribution in [0.4, 0.5) is 16.6 Å². The van der Waals surface area contributed by atoms with Crippen LogP contribution in [-0.2, 0) is 7.05 Å². The van der Waals surface area contributed by atoms with E-state index in [1.807, 2.05) is 27.5 Å². The first-order valence-electron chi connectivity index (χ1n) is 6.97. The Bertz CT molecular complexity index is 637. The number of carbonyl (C=O) groups is 1. The third-order valence-electron chi connectivity index (χ3n) is 4.16. The van der Waals surface area contributed by atoms with Crippen molar-refractivity contribution in [1.82, 2.24) is 14.9 Å². The van der Waals surface area contributed by atoms with E-state index in [1.54, 1.807) is 7.05 Å². The molecule has 1 aliphatic heterocycles. The van der Waals surface area contributed by atoms with Gasteiger partial charge < -0.3 is 21.1 Å². The van der Waals surface area contributed by atoms with E-state index in [4.69, 9.17) is 10.8 Å². The number of amides is 1. The number of halogens is 1. The Labute approximate surface area is 141 Å². The molecule has 1 fully saturated rings. The third-order valence-corrected chi connectivity index (χ3v) is 5.17. The van der Waals surface area contributed by atoms with Crippen LogP contribution in [0.15, 0.2) is 4.79 Å². The summed E-state index contributed by atoms with van der Waals surface area (Å²) in [4.78, 5) is 29.1. The Balaban J connectivity index is 2.12. The van der Waals surface area contributed by atoms with Gasteiger partial charge in [0.25, 0.3) is 5.56 Å². The second-order valence-electron chi connectivity index (χ2n) is 5.93. The lowest BCUT2D eigenvalue weighted by atomic mass is 9.80. The Morgan fingerprint density at radius 1 is 1.50 bits per heavy atom. The van der Waals surface area contributed by atoms with Crippen LogP contribution in [0.5, 0.6) is 0 Å². The molecule has 0 unspecified atom stereocenters. The molecule has 0 aromatic carbocycles. The molecule has 1 aromatic rings. The average Bonchev–Trinajstić information content (AvgIpc) is 2.48. The molecule has 1 amide bonds. The predicted molar refractivity (Wildman–Crippen MR) is 92.2 cm³/mol. The Morgan fingerprint density at radius 2 is 2.09 bits per heavy atom. The monoisotopic (exact) mass is 421 g/mol. The largest absolute Gasteiger partial charge is 0.465 e. The highest BCUT2D eigenvalue weighted by molar-refractivity contribution is 14.1. The zero-order valence-corrected chi connectivity index (χ0v) is 14.8. The quantitative estimate of drug-likeness (QED) is 0.624. The summed E-state index contributed by atoms with van der Waals surface area (Å²) in [6.45, 7) is 3.91.